The summed E-state index contributed by atoms with van der Waals surface area (Å²) in [5.41, 5.74) is 2.58. The van der Waals surface area contributed by atoms with Gasteiger partial charge in [0.1, 0.15) is 27.6 Å². The van der Waals surface area contributed by atoms with E-state index in [2.05, 4.69) is 25.4 Å². The third kappa shape index (κ3) is 4.04. The van der Waals surface area contributed by atoms with Crippen LogP contribution in [0.1, 0.15) is 23.1 Å². The van der Waals surface area contributed by atoms with Gasteiger partial charge in [-0.3, -0.25) is 4.90 Å². The number of hydrogen-bond acceptors (Lipinski definition) is 10. The van der Waals surface area contributed by atoms with Gasteiger partial charge in [0.25, 0.3) is 5.89 Å². The fourth-order valence-electron chi connectivity index (χ4n) is 4.13. The van der Waals surface area contributed by atoms with E-state index in [1.807, 2.05) is 30.3 Å². The highest BCUT2D eigenvalue weighted by molar-refractivity contribution is 7.89. The van der Waals surface area contributed by atoms with Gasteiger partial charge in [0.05, 0.1) is 6.54 Å². The number of benzene rings is 1. The van der Waals surface area contributed by atoms with Crippen molar-refractivity contribution >= 4 is 10.0 Å². The van der Waals surface area contributed by atoms with Gasteiger partial charge in [-0.15, -0.1) is 10.2 Å². The first-order valence-corrected chi connectivity index (χ1v) is 12.3. The molecule has 3 aromatic heterocycles. The number of aromatic nitrogens is 4. The Balaban J connectivity index is 1.27. The van der Waals surface area contributed by atoms with Crippen molar-refractivity contribution in [3.8, 4) is 22.7 Å². The Labute approximate surface area is 196 Å². The van der Waals surface area contributed by atoms with Gasteiger partial charge in [-0.05, 0) is 20.8 Å². The molecule has 1 aromatic carbocycles. The van der Waals surface area contributed by atoms with E-state index in [0.29, 0.717) is 73.0 Å². The number of rotatable bonds is 6. The second-order valence-electron chi connectivity index (χ2n) is 8.16. The molecule has 0 amide bonds. The van der Waals surface area contributed by atoms with Crippen LogP contribution in [-0.2, 0) is 16.6 Å². The summed E-state index contributed by atoms with van der Waals surface area (Å²) < 4.78 is 43.9. The van der Waals surface area contributed by atoms with Gasteiger partial charge in [0, 0.05) is 31.7 Å². The van der Waals surface area contributed by atoms with Crippen molar-refractivity contribution in [1.29, 1.82) is 0 Å². The molecule has 0 aliphatic carbocycles. The molecule has 0 unspecified atom stereocenters. The highest BCUT2D eigenvalue weighted by Crippen LogP contribution is 2.33. The first-order valence-electron chi connectivity index (χ1n) is 10.8. The number of hydrogen-bond donors (Lipinski definition) is 0. The van der Waals surface area contributed by atoms with Crippen LogP contribution in [0.15, 0.2) is 48.7 Å². The SMILES string of the molecule is Cc1noc(C)c1S(=O)(=O)N1CCN(Cc2nnc(-c3c(-c4ccccc4)noc3C)o2)CC1. The Kier molecular flexibility index (Phi) is 5.80. The zero-order valence-electron chi connectivity index (χ0n) is 19.1. The van der Waals surface area contributed by atoms with Gasteiger partial charge in [-0.1, -0.05) is 40.6 Å². The second-order valence-corrected chi connectivity index (χ2v) is 10.0. The molecule has 1 aliphatic rings. The van der Waals surface area contributed by atoms with E-state index in [-0.39, 0.29) is 4.90 Å². The smallest absolute Gasteiger partial charge is 0.253 e. The minimum absolute atomic E-state index is 0.154. The van der Waals surface area contributed by atoms with E-state index in [1.54, 1.807) is 20.8 Å². The third-order valence-corrected chi connectivity index (χ3v) is 7.99. The number of sulfonamides is 1. The highest BCUT2D eigenvalue weighted by atomic mass is 32.2. The molecule has 0 radical (unpaired) electrons. The lowest BCUT2D eigenvalue weighted by molar-refractivity contribution is 0.168. The van der Waals surface area contributed by atoms with Crippen LogP contribution in [0, 0.1) is 20.8 Å². The van der Waals surface area contributed by atoms with Crippen LogP contribution >= 0.6 is 0 Å². The zero-order valence-corrected chi connectivity index (χ0v) is 19.9. The lowest BCUT2D eigenvalue weighted by atomic mass is 10.1. The van der Waals surface area contributed by atoms with Gasteiger partial charge < -0.3 is 13.5 Å². The fraction of sp³-hybridized carbons (Fsp3) is 0.364. The summed E-state index contributed by atoms with van der Waals surface area (Å²) in [6.45, 7) is 7.20. The molecule has 12 heteroatoms. The topological polar surface area (TPSA) is 132 Å². The largest absolute Gasteiger partial charge is 0.419 e. The van der Waals surface area contributed by atoms with E-state index in [9.17, 15) is 8.42 Å². The Morgan fingerprint density at radius 2 is 1.62 bits per heavy atom. The Morgan fingerprint density at radius 3 is 2.29 bits per heavy atom. The van der Waals surface area contributed by atoms with E-state index in [4.69, 9.17) is 13.5 Å². The molecule has 0 atom stereocenters. The summed E-state index contributed by atoms with van der Waals surface area (Å²) in [5, 5.41) is 16.3. The molecular weight excluding hydrogens is 460 g/mol. The number of piperazine rings is 1. The maximum Gasteiger partial charge on any atom is 0.253 e. The van der Waals surface area contributed by atoms with E-state index in [1.165, 1.54) is 4.31 Å². The van der Waals surface area contributed by atoms with E-state index in [0.717, 1.165) is 5.56 Å². The van der Waals surface area contributed by atoms with Gasteiger partial charge >= 0.3 is 0 Å². The molecule has 34 heavy (non-hydrogen) atoms. The van der Waals surface area contributed by atoms with Crippen LogP contribution in [0.4, 0.5) is 0 Å². The van der Waals surface area contributed by atoms with Crippen LogP contribution in [0.3, 0.4) is 0 Å². The van der Waals surface area contributed by atoms with Crippen LogP contribution in [-0.4, -0.2) is 64.3 Å². The first-order chi connectivity index (χ1) is 16.3. The molecule has 0 spiro atoms. The van der Waals surface area contributed by atoms with Gasteiger partial charge in [-0.25, -0.2) is 8.42 Å². The molecule has 4 heterocycles. The molecule has 0 bridgehead atoms. The summed E-state index contributed by atoms with van der Waals surface area (Å²) in [6, 6.07) is 9.66. The minimum atomic E-state index is -3.66. The van der Waals surface area contributed by atoms with Crippen LogP contribution in [0.5, 0.6) is 0 Å². The molecule has 1 fully saturated rings. The maximum absolute atomic E-state index is 13.0. The van der Waals surface area contributed by atoms with Crippen molar-refractivity contribution in [2.24, 2.45) is 0 Å². The Hall–Kier alpha value is -3.35. The second kappa shape index (κ2) is 8.78. The zero-order chi connectivity index (χ0) is 23.9. The number of nitrogens with zero attached hydrogens (tertiary/aromatic N) is 6. The summed E-state index contributed by atoms with van der Waals surface area (Å²) in [6.07, 6.45) is 0. The number of aryl methyl sites for hydroxylation is 3. The summed E-state index contributed by atoms with van der Waals surface area (Å²) in [4.78, 5) is 2.23. The Morgan fingerprint density at radius 1 is 0.912 bits per heavy atom. The highest BCUT2D eigenvalue weighted by Gasteiger charge is 2.33. The molecule has 5 rings (SSSR count). The van der Waals surface area contributed by atoms with Crippen molar-refractivity contribution in [2.75, 3.05) is 26.2 Å². The molecule has 11 nitrogen and oxygen atoms in total. The lowest BCUT2D eigenvalue weighted by Crippen LogP contribution is -2.48. The van der Waals surface area contributed by atoms with Crippen molar-refractivity contribution < 1.29 is 21.9 Å². The molecule has 1 saturated heterocycles. The molecule has 0 saturated carbocycles. The van der Waals surface area contributed by atoms with Crippen LogP contribution in [0.25, 0.3) is 22.7 Å². The fourth-order valence-corrected chi connectivity index (χ4v) is 5.84. The average Bonchev–Trinajstić information content (AvgIpc) is 3.53. The van der Waals surface area contributed by atoms with Crippen molar-refractivity contribution in [2.45, 2.75) is 32.2 Å². The van der Waals surface area contributed by atoms with Crippen LogP contribution in [0.2, 0.25) is 0 Å². The summed E-state index contributed by atoms with van der Waals surface area (Å²) in [7, 11) is -3.66. The van der Waals surface area contributed by atoms with Gasteiger partial charge in [-0.2, -0.15) is 4.31 Å². The average molecular weight is 485 g/mol. The normalized spacial score (nSPS) is 15.7. The predicted molar refractivity (Wildman–Crippen MR) is 120 cm³/mol. The standard InChI is InChI=1S/C22H24N6O5S/c1-14-21(16(3)33-25-14)34(29,30)28-11-9-27(10-12-28)13-18-23-24-22(31-18)19-15(2)32-26-20(19)17-7-5-4-6-8-17/h4-8H,9-13H2,1-3H3. The van der Waals surface area contributed by atoms with E-state index < -0.39 is 10.0 Å². The van der Waals surface area contributed by atoms with Gasteiger partial charge in [0.2, 0.25) is 15.9 Å². The quantitative estimate of drug-likeness (QED) is 0.402. The third-order valence-electron chi connectivity index (χ3n) is 5.85. The first kappa shape index (κ1) is 22.4. The minimum Gasteiger partial charge on any atom is -0.419 e. The maximum atomic E-state index is 13.0. The van der Waals surface area contributed by atoms with Gasteiger partial charge in [0.15, 0.2) is 5.76 Å². The summed E-state index contributed by atoms with van der Waals surface area (Å²) >= 11 is 0. The monoisotopic (exact) mass is 484 g/mol. The van der Waals surface area contributed by atoms with Crippen LogP contribution < -0.4 is 0 Å². The Bertz CT molecular complexity index is 1380. The van der Waals surface area contributed by atoms with Crippen molar-refractivity contribution in [1.82, 2.24) is 29.7 Å². The molecule has 4 aromatic rings. The molecule has 0 N–H and O–H groups in total. The molecule has 1 aliphatic heterocycles. The van der Waals surface area contributed by atoms with Crippen molar-refractivity contribution in [3.05, 3.63) is 53.4 Å². The van der Waals surface area contributed by atoms with E-state index >= 15 is 0 Å². The lowest BCUT2D eigenvalue weighted by Gasteiger charge is -2.33. The molecule has 178 valence electrons. The molecular formula is C22H24N6O5S. The predicted octanol–water partition coefficient (Wildman–Crippen LogP) is 2.81. The van der Waals surface area contributed by atoms with Crippen molar-refractivity contribution in [3.63, 3.8) is 0 Å². The summed E-state index contributed by atoms with van der Waals surface area (Å²) in [5.74, 6) is 1.67.